The second-order valence-electron chi connectivity index (χ2n) is 4.07. The van der Waals surface area contributed by atoms with Gasteiger partial charge in [0, 0.05) is 10.9 Å². The van der Waals surface area contributed by atoms with Crippen molar-refractivity contribution in [3.63, 3.8) is 0 Å². The zero-order valence-corrected chi connectivity index (χ0v) is 11.7. The number of nitrogens with zero attached hydrogens (tertiary/aromatic N) is 3. The third kappa shape index (κ3) is 3.26. The van der Waals surface area contributed by atoms with Gasteiger partial charge < -0.3 is 0 Å². The van der Waals surface area contributed by atoms with E-state index in [1.165, 1.54) is 0 Å². The lowest BCUT2D eigenvalue weighted by atomic mass is 10.2. The first-order valence-electron chi connectivity index (χ1n) is 5.86. The van der Waals surface area contributed by atoms with Crippen LogP contribution in [0.4, 0.5) is 0 Å². The number of ketones is 1. The first kappa shape index (κ1) is 13.0. The summed E-state index contributed by atoms with van der Waals surface area (Å²) in [6.07, 6.45) is 2.92. The van der Waals surface area contributed by atoms with Crippen molar-refractivity contribution >= 4 is 21.7 Å². The van der Waals surface area contributed by atoms with Gasteiger partial charge >= 0.3 is 0 Å². The van der Waals surface area contributed by atoms with Crippen molar-refractivity contribution in [3.05, 3.63) is 46.5 Å². The Kier molecular flexibility index (Phi) is 4.25. The van der Waals surface area contributed by atoms with Crippen LogP contribution in [0, 0.1) is 0 Å². The van der Waals surface area contributed by atoms with Crippen LogP contribution < -0.4 is 0 Å². The average molecular weight is 308 g/mol. The molecule has 4 nitrogen and oxygen atoms in total. The molecule has 0 saturated carbocycles. The maximum absolute atomic E-state index is 11.6. The maximum atomic E-state index is 11.6. The number of benzene rings is 1. The highest BCUT2D eigenvalue weighted by atomic mass is 79.9. The molecule has 1 heterocycles. The molecule has 0 aliphatic rings. The van der Waals surface area contributed by atoms with Gasteiger partial charge in [0.15, 0.2) is 0 Å². The van der Waals surface area contributed by atoms with Gasteiger partial charge in [-0.3, -0.25) is 4.79 Å². The minimum Gasteiger partial charge on any atom is -0.291 e. The van der Waals surface area contributed by atoms with E-state index in [0.717, 1.165) is 16.5 Å². The van der Waals surface area contributed by atoms with Crippen molar-refractivity contribution in [2.45, 2.75) is 26.3 Å². The number of hydrogen-bond acceptors (Lipinski definition) is 3. The SMILES string of the molecule is CCCC(=O)c1ncn(Cc2cccc(Br)c2)n1. The topological polar surface area (TPSA) is 47.8 Å². The van der Waals surface area contributed by atoms with E-state index >= 15 is 0 Å². The van der Waals surface area contributed by atoms with Crippen LogP contribution in [0.15, 0.2) is 35.1 Å². The Morgan fingerprint density at radius 2 is 2.28 bits per heavy atom. The number of carbonyl (C=O) groups is 1. The van der Waals surface area contributed by atoms with Gasteiger partial charge in [0.1, 0.15) is 6.33 Å². The highest BCUT2D eigenvalue weighted by Crippen LogP contribution is 2.12. The van der Waals surface area contributed by atoms with E-state index in [1.54, 1.807) is 11.0 Å². The molecule has 94 valence electrons. The predicted molar refractivity (Wildman–Crippen MR) is 72.5 cm³/mol. The van der Waals surface area contributed by atoms with Crippen LogP contribution >= 0.6 is 15.9 Å². The molecule has 0 N–H and O–H groups in total. The predicted octanol–water partition coefficient (Wildman–Crippen LogP) is 3.07. The van der Waals surface area contributed by atoms with Crippen LogP contribution in [-0.4, -0.2) is 20.5 Å². The van der Waals surface area contributed by atoms with Crippen LogP contribution in [0.5, 0.6) is 0 Å². The summed E-state index contributed by atoms with van der Waals surface area (Å²) in [5.41, 5.74) is 1.11. The van der Waals surface area contributed by atoms with Gasteiger partial charge in [-0.2, -0.15) is 0 Å². The summed E-state index contributed by atoms with van der Waals surface area (Å²) >= 11 is 3.43. The quantitative estimate of drug-likeness (QED) is 0.798. The fourth-order valence-electron chi connectivity index (χ4n) is 1.66. The van der Waals surface area contributed by atoms with Crippen LogP contribution in [-0.2, 0) is 6.54 Å². The minimum absolute atomic E-state index is 0.00509. The first-order valence-corrected chi connectivity index (χ1v) is 6.65. The summed E-state index contributed by atoms with van der Waals surface area (Å²) < 4.78 is 2.72. The summed E-state index contributed by atoms with van der Waals surface area (Å²) in [4.78, 5) is 15.7. The lowest BCUT2D eigenvalue weighted by molar-refractivity contribution is 0.0971. The zero-order chi connectivity index (χ0) is 13.0. The van der Waals surface area contributed by atoms with E-state index in [0.29, 0.717) is 18.8 Å². The lowest BCUT2D eigenvalue weighted by Gasteiger charge is -2.01. The molecule has 2 rings (SSSR count). The Hall–Kier alpha value is -1.49. The average Bonchev–Trinajstić information content (AvgIpc) is 2.78. The summed E-state index contributed by atoms with van der Waals surface area (Å²) in [6.45, 7) is 2.59. The molecule has 0 aliphatic heterocycles. The summed E-state index contributed by atoms with van der Waals surface area (Å²) in [5, 5.41) is 4.19. The van der Waals surface area contributed by atoms with Crippen LogP contribution in [0.3, 0.4) is 0 Å². The second kappa shape index (κ2) is 5.91. The van der Waals surface area contributed by atoms with E-state index in [9.17, 15) is 4.79 Å². The maximum Gasteiger partial charge on any atom is 0.217 e. The fourth-order valence-corrected chi connectivity index (χ4v) is 2.11. The normalized spacial score (nSPS) is 10.6. The molecule has 2 aromatic rings. The van der Waals surface area contributed by atoms with Crippen molar-refractivity contribution in [2.24, 2.45) is 0 Å². The van der Waals surface area contributed by atoms with E-state index in [4.69, 9.17) is 0 Å². The van der Waals surface area contributed by atoms with Gasteiger partial charge in [-0.15, -0.1) is 5.10 Å². The van der Waals surface area contributed by atoms with Gasteiger partial charge in [0.05, 0.1) is 6.54 Å². The zero-order valence-electron chi connectivity index (χ0n) is 10.1. The second-order valence-corrected chi connectivity index (χ2v) is 4.98. The van der Waals surface area contributed by atoms with Crippen molar-refractivity contribution < 1.29 is 4.79 Å². The Morgan fingerprint density at radius 3 is 3.00 bits per heavy atom. The monoisotopic (exact) mass is 307 g/mol. The molecule has 0 unspecified atom stereocenters. The molecule has 0 saturated heterocycles. The van der Waals surface area contributed by atoms with Gasteiger partial charge in [-0.25, -0.2) is 9.67 Å². The third-order valence-corrected chi connectivity index (χ3v) is 2.99. The van der Waals surface area contributed by atoms with Crippen molar-refractivity contribution in [3.8, 4) is 0 Å². The molecule has 5 heteroatoms. The van der Waals surface area contributed by atoms with E-state index in [2.05, 4.69) is 26.0 Å². The summed E-state index contributed by atoms with van der Waals surface area (Å²) in [5.74, 6) is 0.317. The van der Waals surface area contributed by atoms with Crippen molar-refractivity contribution in [1.29, 1.82) is 0 Å². The highest BCUT2D eigenvalue weighted by molar-refractivity contribution is 9.10. The molecule has 0 bridgehead atoms. The molecule has 1 aromatic carbocycles. The number of Topliss-reactive ketones (excluding diaryl/α,β-unsaturated/α-hetero) is 1. The Morgan fingerprint density at radius 1 is 1.44 bits per heavy atom. The van der Waals surface area contributed by atoms with E-state index in [1.807, 2.05) is 31.2 Å². The highest BCUT2D eigenvalue weighted by Gasteiger charge is 2.10. The van der Waals surface area contributed by atoms with E-state index in [-0.39, 0.29) is 5.78 Å². The number of rotatable bonds is 5. The van der Waals surface area contributed by atoms with Gasteiger partial charge in [-0.05, 0) is 24.1 Å². The Bertz CT molecular complexity index is 551. The van der Waals surface area contributed by atoms with Gasteiger partial charge in [0.25, 0.3) is 0 Å². The summed E-state index contributed by atoms with van der Waals surface area (Å²) in [7, 11) is 0. The minimum atomic E-state index is 0.00509. The molecule has 0 radical (unpaired) electrons. The largest absolute Gasteiger partial charge is 0.291 e. The molecule has 0 fully saturated rings. The number of halogens is 1. The number of hydrogen-bond donors (Lipinski definition) is 0. The molecule has 0 aliphatic carbocycles. The summed E-state index contributed by atoms with van der Waals surface area (Å²) in [6, 6.07) is 7.98. The standard InChI is InChI=1S/C13H14BrN3O/c1-2-4-12(18)13-15-9-17(16-13)8-10-5-3-6-11(14)7-10/h3,5-7,9H,2,4,8H2,1H3. The van der Waals surface area contributed by atoms with Crippen LogP contribution in [0.25, 0.3) is 0 Å². The number of carbonyl (C=O) groups excluding carboxylic acids is 1. The lowest BCUT2D eigenvalue weighted by Crippen LogP contribution is -2.05. The molecule has 18 heavy (non-hydrogen) atoms. The molecule has 0 spiro atoms. The van der Waals surface area contributed by atoms with Gasteiger partial charge in [-0.1, -0.05) is 35.0 Å². The molecule has 0 amide bonds. The molecular formula is C13H14BrN3O. The van der Waals surface area contributed by atoms with Crippen LogP contribution in [0.1, 0.15) is 35.9 Å². The van der Waals surface area contributed by atoms with Crippen molar-refractivity contribution in [1.82, 2.24) is 14.8 Å². The Balaban J connectivity index is 2.09. The van der Waals surface area contributed by atoms with Gasteiger partial charge in [0.2, 0.25) is 11.6 Å². The van der Waals surface area contributed by atoms with Crippen molar-refractivity contribution in [2.75, 3.05) is 0 Å². The first-order chi connectivity index (χ1) is 8.69. The van der Waals surface area contributed by atoms with E-state index < -0.39 is 0 Å². The molecule has 0 atom stereocenters. The molecular weight excluding hydrogens is 294 g/mol. The Labute approximate surface area is 114 Å². The number of aromatic nitrogens is 3. The van der Waals surface area contributed by atoms with Crippen LogP contribution in [0.2, 0.25) is 0 Å². The fraction of sp³-hybridized carbons (Fsp3) is 0.308. The smallest absolute Gasteiger partial charge is 0.217 e. The molecule has 1 aromatic heterocycles. The third-order valence-electron chi connectivity index (χ3n) is 2.50.